The Morgan fingerprint density at radius 1 is 0.322 bits per heavy atom. The number of aromatic nitrogens is 2. The summed E-state index contributed by atoms with van der Waals surface area (Å²) >= 11 is 0. The summed E-state index contributed by atoms with van der Waals surface area (Å²) in [7, 11) is 0. The zero-order chi connectivity index (χ0) is 41.6. The van der Waals surface area contributed by atoms with Crippen molar-refractivity contribution >= 4 is 43.6 Å². The van der Waals surface area contributed by atoms with Crippen LogP contribution in [0.25, 0.3) is 64.9 Å². The first-order chi connectivity index (χ1) is 27.9. The van der Waals surface area contributed by atoms with Crippen LogP contribution in [0.1, 0.15) is 79.1 Å². The second kappa shape index (κ2) is 23.2. The second-order valence-electron chi connectivity index (χ2n) is 15.4. The summed E-state index contributed by atoms with van der Waals surface area (Å²) in [4.78, 5) is 0. The van der Waals surface area contributed by atoms with Gasteiger partial charge in [0, 0.05) is 69.5 Å². The third kappa shape index (κ3) is 13.2. The summed E-state index contributed by atoms with van der Waals surface area (Å²) in [6, 6.07) is 54.8. The van der Waals surface area contributed by atoms with Gasteiger partial charge in [-0.1, -0.05) is 140 Å². The van der Waals surface area contributed by atoms with Crippen molar-refractivity contribution in [1.29, 1.82) is 0 Å². The minimum atomic E-state index is -0.176. The zero-order valence-electron chi connectivity index (χ0n) is 36.1. The predicted molar refractivity (Wildman–Crippen MR) is 253 cm³/mol. The van der Waals surface area contributed by atoms with Crippen LogP contribution in [0.4, 0.5) is 0 Å². The van der Waals surface area contributed by atoms with Crippen LogP contribution in [0.2, 0.25) is 0 Å². The Morgan fingerprint density at radius 3 is 0.712 bits per heavy atom. The Morgan fingerprint density at radius 2 is 0.525 bits per heavy atom. The van der Waals surface area contributed by atoms with Crippen molar-refractivity contribution in [3.05, 3.63) is 204 Å². The predicted octanol–water partition coefficient (Wildman–Crippen LogP) is 15.4. The van der Waals surface area contributed by atoms with Gasteiger partial charge in [-0.2, -0.15) is 61.8 Å². The van der Waals surface area contributed by atoms with Crippen LogP contribution >= 0.6 is 0 Å². The van der Waals surface area contributed by atoms with E-state index in [4.69, 9.17) is 21.3 Å². The van der Waals surface area contributed by atoms with Crippen molar-refractivity contribution in [2.75, 3.05) is 0 Å². The molecule has 0 saturated carbocycles. The first kappa shape index (κ1) is 47.1. The molecule has 59 heavy (non-hydrogen) atoms. The van der Waals surface area contributed by atoms with Crippen LogP contribution in [0.5, 0.6) is 0 Å². The molecule has 0 aliphatic heterocycles. The summed E-state index contributed by atoms with van der Waals surface area (Å²) in [5.41, 5.74) is 6.93. The second-order valence-corrected chi connectivity index (χ2v) is 15.4. The van der Waals surface area contributed by atoms with E-state index >= 15 is 0 Å². The van der Waals surface area contributed by atoms with Gasteiger partial charge >= 0.3 is 0 Å². The summed E-state index contributed by atoms with van der Waals surface area (Å²) in [5.74, 6) is 0. The van der Waals surface area contributed by atoms with Crippen molar-refractivity contribution in [2.45, 2.75) is 92.1 Å². The Labute approximate surface area is 372 Å². The fourth-order valence-electron chi connectivity index (χ4n) is 6.77. The molecular weight excluding hydrogens is 887 g/mol. The average molecular weight is 948 g/mol. The molecule has 0 atom stereocenters. The average Bonchev–Trinajstić information content (AvgIpc) is 3.71. The van der Waals surface area contributed by atoms with Crippen LogP contribution in [-0.4, -0.2) is 33.3 Å². The van der Waals surface area contributed by atoms with Gasteiger partial charge in [0.25, 0.3) is 0 Å². The Hall–Kier alpha value is -4.63. The van der Waals surface area contributed by atoms with Crippen LogP contribution in [0.3, 0.4) is 0 Å². The summed E-state index contributed by atoms with van der Waals surface area (Å²) in [6.45, 7) is 24.3. The number of para-hydroxylation sites is 4. The van der Waals surface area contributed by atoms with Crippen molar-refractivity contribution in [3.8, 4) is 0 Å². The molecule has 0 bridgehead atoms. The van der Waals surface area contributed by atoms with Gasteiger partial charge in [0.15, 0.2) is 0 Å². The maximum atomic E-state index is 4.86. The molecule has 0 radical (unpaired) electrons. The Bertz CT molecular complexity index is 2120. The number of benzene rings is 6. The molecule has 2 aromatic heterocycles. The summed E-state index contributed by atoms with van der Waals surface area (Å²) in [5, 5.41) is 24.5. The van der Waals surface area contributed by atoms with Gasteiger partial charge in [0.1, 0.15) is 0 Å². The molecule has 308 valence electrons. The minimum Gasteiger partial charge on any atom is -0.658 e. The largest absolute Gasteiger partial charge is 0.658 e. The third-order valence-corrected chi connectivity index (χ3v) is 9.11. The van der Waals surface area contributed by atoms with E-state index in [1.165, 1.54) is 43.6 Å². The van der Waals surface area contributed by atoms with E-state index in [2.05, 4.69) is 175 Å². The first-order valence-electron chi connectivity index (χ1n) is 20.4. The number of rotatable bonds is 10. The van der Waals surface area contributed by atoms with Crippen molar-refractivity contribution < 1.29 is 25.8 Å². The summed E-state index contributed by atoms with van der Waals surface area (Å²) < 4.78 is 4.54. The monoisotopic (exact) mass is 948 g/mol. The molecule has 0 unspecified atom stereocenters. The summed E-state index contributed by atoms with van der Waals surface area (Å²) in [6.07, 6.45) is -0.352. The Balaban J connectivity index is 0.000000194. The topological polar surface area (TPSA) is 66.3 Å². The molecule has 0 amide bonds. The number of hydrogen-bond acceptors (Lipinski definition) is 0. The maximum absolute atomic E-state index is 4.86. The van der Waals surface area contributed by atoms with Crippen molar-refractivity contribution in [3.63, 3.8) is 0 Å². The number of nitrogens with zero attached hydrogens (tertiary/aromatic N) is 6. The van der Waals surface area contributed by atoms with E-state index in [1.54, 1.807) is 0 Å². The standard InChI is InChI=1S/2C19H23N3.2C7H7.Hf/c2*1-13(2)20-19(21-14(3)4)22-17-11-7-5-9-15(17)16-10-6-8-12-18(16)22;2*1-7-5-3-2-4-6-7;/h2*5-14,19H,1-4H3;2*2-6H,1H2;/q2*-2;2*-1;. The molecule has 0 saturated heterocycles. The van der Waals surface area contributed by atoms with Crippen LogP contribution in [0, 0.1) is 13.8 Å². The quantitative estimate of drug-likeness (QED) is 0.0968. The first-order valence-corrected chi connectivity index (χ1v) is 20.4. The molecule has 0 aliphatic carbocycles. The minimum absolute atomic E-state index is 0. The molecule has 0 fully saturated rings. The molecule has 8 aromatic rings. The third-order valence-electron chi connectivity index (χ3n) is 9.11. The van der Waals surface area contributed by atoms with E-state index < -0.39 is 0 Å². The molecule has 6 nitrogen and oxygen atoms in total. The van der Waals surface area contributed by atoms with E-state index in [0.29, 0.717) is 0 Å². The molecule has 7 heteroatoms. The van der Waals surface area contributed by atoms with E-state index in [1.807, 2.05) is 60.7 Å². The molecule has 8 rings (SSSR count). The van der Waals surface area contributed by atoms with Gasteiger partial charge in [-0.05, 0) is 24.3 Å². The van der Waals surface area contributed by atoms with Gasteiger partial charge in [0.05, 0.1) is 0 Å². The molecule has 6 aromatic carbocycles. The van der Waals surface area contributed by atoms with Gasteiger partial charge in [-0.15, -0.1) is 48.4 Å². The maximum Gasteiger partial charge on any atom is 0.0461 e. The molecular formula is C52H60HfN6-6. The number of hydrogen-bond donors (Lipinski definition) is 0. The molecule has 0 spiro atoms. The van der Waals surface area contributed by atoms with Gasteiger partial charge in [0.2, 0.25) is 0 Å². The zero-order valence-corrected chi connectivity index (χ0v) is 39.7. The number of fused-ring (bicyclic) bond motifs is 6. The smallest absolute Gasteiger partial charge is 0.0461 e. The molecule has 0 N–H and O–H groups in total. The van der Waals surface area contributed by atoms with E-state index in [-0.39, 0.29) is 62.6 Å². The van der Waals surface area contributed by atoms with Crippen LogP contribution in [0.15, 0.2) is 158 Å². The Kier molecular flexibility index (Phi) is 18.5. The van der Waals surface area contributed by atoms with Gasteiger partial charge in [-0.25, -0.2) is 0 Å². The SMILES string of the molecule is CC(C)[N-]C([N-]C(C)C)n1c2ccccc2c2ccccc21.CC(C)[N-]C([N-]C(C)C)n1c2ccccc2c2ccccc21.[CH2-]c1ccccc1.[CH2-]c1ccccc1.[Hf]. The fourth-order valence-corrected chi connectivity index (χ4v) is 6.77. The van der Waals surface area contributed by atoms with E-state index in [0.717, 1.165) is 11.1 Å². The van der Waals surface area contributed by atoms with Crippen LogP contribution < -0.4 is 0 Å². The fraction of sp³-hybridized carbons (Fsp3) is 0.269. The van der Waals surface area contributed by atoms with Crippen molar-refractivity contribution in [2.24, 2.45) is 0 Å². The van der Waals surface area contributed by atoms with Gasteiger partial charge < -0.3 is 30.4 Å². The van der Waals surface area contributed by atoms with Gasteiger partial charge in [-0.3, -0.25) is 0 Å². The van der Waals surface area contributed by atoms with Crippen molar-refractivity contribution in [1.82, 2.24) is 9.13 Å². The van der Waals surface area contributed by atoms with Crippen LogP contribution in [-0.2, 0) is 25.8 Å². The molecule has 2 heterocycles. The molecule has 0 aliphatic rings. The van der Waals surface area contributed by atoms with E-state index in [9.17, 15) is 0 Å². The normalized spacial score (nSPS) is 11.2.